The second kappa shape index (κ2) is 8.53. The van der Waals surface area contributed by atoms with Crippen molar-refractivity contribution in [3.8, 4) is 0 Å². The van der Waals surface area contributed by atoms with Gasteiger partial charge in [-0.05, 0) is 36.6 Å². The summed E-state index contributed by atoms with van der Waals surface area (Å²) in [6.45, 7) is 1.11. The van der Waals surface area contributed by atoms with Gasteiger partial charge < -0.3 is 15.4 Å². The molecular weight excluding hydrogens is 323 g/mol. The molecule has 1 saturated heterocycles. The van der Waals surface area contributed by atoms with Gasteiger partial charge in [0, 0.05) is 32.0 Å². The molecule has 25 heavy (non-hydrogen) atoms. The van der Waals surface area contributed by atoms with Gasteiger partial charge in [-0.3, -0.25) is 4.79 Å². The highest BCUT2D eigenvalue weighted by Crippen LogP contribution is 2.27. The van der Waals surface area contributed by atoms with E-state index in [9.17, 15) is 9.18 Å². The van der Waals surface area contributed by atoms with E-state index in [1.807, 2.05) is 0 Å². The summed E-state index contributed by atoms with van der Waals surface area (Å²) in [5, 5.41) is 6.02. The van der Waals surface area contributed by atoms with E-state index in [1.165, 1.54) is 12.1 Å². The molecule has 0 spiro atoms. The Morgan fingerprint density at radius 2 is 2.04 bits per heavy atom. The van der Waals surface area contributed by atoms with Crippen LogP contribution in [0.2, 0.25) is 0 Å². The zero-order valence-electron chi connectivity index (χ0n) is 13.8. The van der Waals surface area contributed by atoms with Crippen LogP contribution in [0.5, 0.6) is 0 Å². The topological polar surface area (TPSA) is 76.1 Å². The van der Waals surface area contributed by atoms with Crippen molar-refractivity contribution in [2.24, 2.45) is 0 Å². The van der Waals surface area contributed by atoms with Crippen molar-refractivity contribution < 1.29 is 13.9 Å². The first-order valence-electron chi connectivity index (χ1n) is 8.40. The molecule has 1 aliphatic heterocycles. The third-order valence-corrected chi connectivity index (χ3v) is 4.08. The van der Waals surface area contributed by atoms with E-state index < -0.39 is 0 Å². The molecule has 6 nitrogen and oxygen atoms in total. The Balaban J connectivity index is 1.57. The molecule has 2 heterocycles. The summed E-state index contributed by atoms with van der Waals surface area (Å²) in [4.78, 5) is 20.4. The maximum absolute atomic E-state index is 13.2. The van der Waals surface area contributed by atoms with Crippen LogP contribution in [0.15, 0.2) is 42.7 Å². The van der Waals surface area contributed by atoms with Crippen LogP contribution in [0, 0.1) is 5.82 Å². The van der Waals surface area contributed by atoms with Crippen LogP contribution in [-0.2, 0) is 9.53 Å². The second-order valence-electron chi connectivity index (χ2n) is 5.90. The van der Waals surface area contributed by atoms with Crippen LogP contribution in [0.25, 0.3) is 0 Å². The summed E-state index contributed by atoms with van der Waals surface area (Å²) < 4.78 is 18.9. The molecule has 2 N–H and O–H groups in total. The van der Waals surface area contributed by atoms with Crippen molar-refractivity contribution in [3.05, 3.63) is 54.1 Å². The van der Waals surface area contributed by atoms with Gasteiger partial charge in [0.25, 0.3) is 0 Å². The maximum atomic E-state index is 13.2. The number of hydrogen-bond donors (Lipinski definition) is 2. The Bertz CT molecular complexity index is 675. The monoisotopic (exact) mass is 344 g/mol. The number of nitrogens with zero attached hydrogens (tertiary/aromatic N) is 2. The number of hydrogen-bond acceptors (Lipinski definition) is 5. The molecule has 3 rings (SSSR count). The van der Waals surface area contributed by atoms with E-state index in [2.05, 4.69) is 20.6 Å². The van der Waals surface area contributed by atoms with Crippen molar-refractivity contribution in [2.75, 3.05) is 18.5 Å². The van der Waals surface area contributed by atoms with E-state index >= 15 is 0 Å². The number of halogens is 1. The Morgan fingerprint density at radius 1 is 1.28 bits per heavy atom. The number of ether oxygens (including phenoxy) is 1. The molecule has 0 aliphatic carbocycles. The van der Waals surface area contributed by atoms with Crippen molar-refractivity contribution >= 4 is 11.9 Å². The average molecular weight is 344 g/mol. The van der Waals surface area contributed by atoms with Gasteiger partial charge in [0.05, 0.1) is 12.1 Å². The molecule has 0 unspecified atom stereocenters. The Labute approximate surface area is 145 Å². The highest BCUT2D eigenvalue weighted by molar-refractivity contribution is 5.77. The summed E-state index contributed by atoms with van der Waals surface area (Å²) in [5.74, 6) is 0.0889. The normalized spacial score (nSPS) is 17.9. The molecule has 1 fully saturated rings. The molecule has 1 aromatic heterocycles. The predicted molar refractivity (Wildman–Crippen MR) is 91.4 cm³/mol. The number of anilines is 1. The number of rotatable bonds is 7. The number of aromatic nitrogens is 2. The predicted octanol–water partition coefficient (Wildman–Crippen LogP) is 2.45. The molecule has 2 aromatic rings. The fraction of sp³-hybridized carbons (Fsp3) is 0.389. The minimum atomic E-state index is -0.298. The lowest BCUT2D eigenvalue weighted by molar-refractivity contribution is -0.122. The standard InChI is InChI=1S/C18H21FN4O2/c19-14-6-4-13(5-7-14)17(15-3-1-12-25-15)23-16(24)8-11-22-18-20-9-2-10-21-18/h2,4-7,9-10,15,17H,1,3,8,11-12H2,(H,23,24)(H,20,21,22)/t15-,17+/m0/s1. The SMILES string of the molecule is O=C(CCNc1ncccn1)N[C@H](c1ccc(F)cc1)[C@@H]1CCCO1. The lowest BCUT2D eigenvalue weighted by Crippen LogP contribution is -2.36. The summed E-state index contributed by atoms with van der Waals surface area (Å²) in [5.41, 5.74) is 0.848. The molecular formula is C18H21FN4O2. The first-order valence-corrected chi connectivity index (χ1v) is 8.40. The molecule has 1 aromatic carbocycles. The molecule has 0 bridgehead atoms. The first-order chi connectivity index (χ1) is 12.2. The lowest BCUT2D eigenvalue weighted by atomic mass is 9.99. The molecule has 0 saturated carbocycles. The molecule has 2 atom stereocenters. The zero-order chi connectivity index (χ0) is 17.5. The van der Waals surface area contributed by atoms with Crippen molar-refractivity contribution in [1.29, 1.82) is 0 Å². The largest absolute Gasteiger partial charge is 0.376 e. The molecule has 132 valence electrons. The highest BCUT2D eigenvalue weighted by Gasteiger charge is 2.28. The van der Waals surface area contributed by atoms with Gasteiger partial charge >= 0.3 is 0 Å². The van der Waals surface area contributed by atoms with Crippen LogP contribution in [0.3, 0.4) is 0 Å². The van der Waals surface area contributed by atoms with E-state index in [0.29, 0.717) is 19.1 Å². The van der Waals surface area contributed by atoms with Crippen LogP contribution in [0.1, 0.15) is 30.9 Å². The highest BCUT2D eigenvalue weighted by atomic mass is 19.1. The minimum absolute atomic E-state index is 0.0835. The van der Waals surface area contributed by atoms with Crippen LogP contribution in [0.4, 0.5) is 10.3 Å². The van der Waals surface area contributed by atoms with Gasteiger partial charge in [0.1, 0.15) is 5.82 Å². The first kappa shape index (κ1) is 17.3. The minimum Gasteiger partial charge on any atom is -0.376 e. The van der Waals surface area contributed by atoms with Crippen molar-refractivity contribution in [2.45, 2.75) is 31.4 Å². The summed E-state index contributed by atoms with van der Waals surface area (Å²) in [6.07, 6.45) is 5.31. The summed E-state index contributed by atoms with van der Waals surface area (Å²) >= 11 is 0. The third-order valence-electron chi connectivity index (χ3n) is 4.08. The van der Waals surface area contributed by atoms with Gasteiger partial charge in [-0.2, -0.15) is 0 Å². The number of amides is 1. The Morgan fingerprint density at radius 3 is 2.72 bits per heavy atom. The van der Waals surface area contributed by atoms with Gasteiger partial charge in [0.15, 0.2) is 0 Å². The van der Waals surface area contributed by atoms with Gasteiger partial charge in [-0.1, -0.05) is 12.1 Å². The van der Waals surface area contributed by atoms with Gasteiger partial charge in [0.2, 0.25) is 11.9 Å². The fourth-order valence-corrected chi connectivity index (χ4v) is 2.85. The van der Waals surface area contributed by atoms with E-state index in [-0.39, 0.29) is 30.3 Å². The van der Waals surface area contributed by atoms with Crippen LogP contribution < -0.4 is 10.6 Å². The molecule has 0 radical (unpaired) electrons. The van der Waals surface area contributed by atoms with E-state index in [0.717, 1.165) is 18.4 Å². The number of nitrogens with one attached hydrogen (secondary N) is 2. The Hall–Kier alpha value is -2.54. The van der Waals surface area contributed by atoms with Crippen LogP contribution in [-0.4, -0.2) is 35.1 Å². The molecule has 1 aliphatic rings. The fourth-order valence-electron chi connectivity index (χ4n) is 2.85. The summed E-state index contributed by atoms with van der Waals surface area (Å²) in [7, 11) is 0. The maximum Gasteiger partial charge on any atom is 0.222 e. The second-order valence-corrected chi connectivity index (χ2v) is 5.90. The van der Waals surface area contributed by atoms with Crippen molar-refractivity contribution in [1.82, 2.24) is 15.3 Å². The summed E-state index contributed by atoms with van der Waals surface area (Å²) in [6, 6.07) is 7.64. The van der Waals surface area contributed by atoms with Gasteiger partial charge in [-0.25, -0.2) is 14.4 Å². The molecule has 7 heteroatoms. The Kier molecular flexibility index (Phi) is 5.90. The van der Waals surface area contributed by atoms with Gasteiger partial charge in [-0.15, -0.1) is 0 Å². The smallest absolute Gasteiger partial charge is 0.222 e. The number of carbonyl (C=O) groups is 1. The molecule has 1 amide bonds. The van der Waals surface area contributed by atoms with Crippen molar-refractivity contribution in [3.63, 3.8) is 0 Å². The van der Waals surface area contributed by atoms with Crippen LogP contribution >= 0.6 is 0 Å². The lowest BCUT2D eigenvalue weighted by Gasteiger charge is -2.25. The van der Waals surface area contributed by atoms with E-state index in [1.54, 1.807) is 30.6 Å². The average Bonchev–Trinajstić information content (AvgIpc) is 3.16. The number of benzene rings is 1. The zero-order valence-corrected chi connectivity index (χ0v) is 13.8. The quantitative estimate of drug-likeness (QED) is 0.807. The number of carbonyl (C=O) groups excluding carboxylic acids is 1. The van der Waals surface area contributed by atoms with E-state index in [4.69, 9.17) is 4.74 Å². The third kappa shape index (κ3) is 4.96.